The molecule has 1 unspecified atom stereocenters. The summed E-state index contributed by atoms with van der Waals surface area (Å²) in [4.78, 5) is 25.9. The summed E-state index contributed by atoms with van der Waals surface area (Å²) in [6.07, 6.45) is 2.76. The van der Waals surface area contributed by atoms with Gasteiger partial charge in [-0.1, -0.05) is 0 Å². The minimum Gasteiger partial charge on any atom is -0.465 e. The average Bonchev–Trinajstić information content (AvgIpc) is 2.36. The zero-order chi connectivity index (χ0) is 13.6. The van der Waals surface area contributed by atoms with Gasteiger partial charge in [-0.2, -0.15) is 0 Å². The molecule has 6 nitrogen and oxygen atoms in total. The molecule has 0 radical (unpaired) electrons. The zero-order valence-electron chi connectivity index (χ0n) is 9.51. The van der Waals surface area contributed by atoms with Crippen molar-refractivity contribution in [3.8, 4) is 0 Å². The van der Waals surface area contributed by atoms with Crippen LogP contribution < -0.4 is 4.72 Å². The van der Waals surface area contributed by atoms with Crippen LogP contribution in [0.15, 0.2) is 27.8 Å². The van der Waals surface area contributed by atoms with Crippen LogP contribution in [0.1, 0.15) is 6.92 Å². The first-order valence-electron chi connectivity index (χ1n) is 4.95. The van der Waals surface area contributed by atoms with E-state index in [-0.39, 0.29) is 18.0 Å². The van der Waals surface area contributed by atoms with E-state index in [0.717, 1.165) is 0 Å². The highest BCUT2D eigenvalue weighted by atomic mass is 79.9. The molecule has 0 spiro atoms. The number of ether oxygens (including phenoxy) is 1. The molecule has 0 aliphatic heterocycles. The van der Waals surface area contributed by atoms with Crippen molar-refractivity contribution in [2.75, 3.05) is 13.2 Å². The molecule has 18 heavy (non-hydrogen) atoms. The molecule has 0 bridgehead atoms. The molecule has 8 heteroatoms. The lowest BCUT2D eigenvalue weighted by molar-refractivity contribution is -0.141. The van der Waals surface area contributed by atoms with E-state index in [0.29, 0.717) is 4.47 Å². The number of halogens is 1. The van der Waals surface area contributed by atoms with Gasteiger partial charge >= 0.3 is 5.97 Å². The Morgan fingerprint density at radius 2 is 2.33 bits per heavy atom. The Hall–Kier alpha value is -1.21. The first-order chi connectivity index (χ1) is 8.51. The number of nitrogens with one attached hydrogen (secondary N) is 1. The third-order valence-corrected chi connectivity index (χ3v) is 3.96. The molecule has 0 aromatic carbocycles. The van der Waals surface area contributed by atoms with Crippen LogP contribution in [-0.4, -0.2) is 33.5 Å². The maximum Gasteiger partial charge on any atom is 0.320 e. The van der Waals surface area contributed by atoms with Crippen molar-refractivity contribution in [2.24, 2.45) is 0 Å². The van der Waals surface area contributed by atoms with Crippen LogP contribution in [0.3, 0.4) is 0 Å². The van der Waals surface area contributed by atoms with E-state index < -0.39 is 15.7 Å². The van der Waals surface area contributed by atoms with Crippen molar-refractivity contribution in [2.45, 2.75) is 11.8 Å². The number of carbonyl (C=O) groups excluding carboxylic acids is 2. The normalized spacial score (nSPS) is 13.4. The third kappa shape index (κ3) is 3.92. The lowest BCUT2D eigenvalue weighted by Gasteiger charge is -2.08. The summed E-state index contributed by atoms with van der Waals surface area (Å²) in [5.74, 6) is -0.594. The van der Waals surface area contributed by atoms with Gasteiger partial charge in [0, 0.05) is 16.9 Å². The van der Waals surface area contributed by atoms with Crippen LogP contribution in [0.5, 0.6) is 0 Å². The van der Waals surface area contributed by atoms with Crippen molar-refractivity contribution in [1.29, 1.82) is 0 Å². The van der Waals surface area contributed by atoms with Crippen molar-refractivity contribution in [3.05, 3.63) is 22.9 Å². The molecule has 1 atom stereocenters. The number of esters is 1. The second-order valence-corrected chi connectivity index (χ2v) is 6.06. The molecule has 0 amide bonds. The van der Waals surface area contributed by atoms with E-state index in [1.165, 1.54) is 23.7 Å². The standard InChI is InChI=1S/C10H11BrN2O4S/c1-2-17-10(15)6-13-18(16,7-14)9-3-8(11)4-12-5-9/h3-5H,2,6H2,1H3,(H,13,16). The fraction of sp³-hybridized carbons (Fsp3) is 0.300. The molecule has 0 saturated carbocycles. The lowest BCUT2D eigenvalue weighted by atomic mass is 10.5. The molecule has 1 N–H and O–H groups in total. The molecule has 0 aliphatic carbocycles. The highest BCUT2D eigenvalue weighted by molar-refractivity contribution is 9.10. The van der Waals surface area contributed by atoms with Crippen LogP contribution in [0, 0.1) is 0 Å². The minimum absolute atomic E-state index is 0.149. The largest absolute Gasteiger partial charge is 0.465 e. The van der Waals surface area contributed by atoms with E-state index in [1.807, 2.05) is 0 Å². The van der Waals surface area contributed by atoms with Gasteiger partial charge in [0.15, 0.2) is 0 Å². The van der Waals surface area contributed by atoms with Gasteiger partial charge in [-0.15, -0.1) is 0 Å². The van der Waals surface area contributed by atoms with E-state index in [2.05, 4.69) is 30.4 Å². The highest BCUT2D eigenvalue weighted by Gasteiger charge is 2.14. The highest BCUT2D eigenvalue weighted by Crippen LogP contribution is 2.14. The van der Waals surface area contributed by atoms with Gasteiger partial charge in [0.05, 0.1) is 11.5 Å². The smallest absolute Gasteiger partial charge is 0.320 e. The number of nitrogens with zero attached hydrogens (tertiary/aromatic N) is 1. The summed E-state index contributed by atoms with van der Waals surface area (Å²) in [7, 11) is -3.29. The van der Waals surface area contributed by atoms with Gasteiger partial charge in [-0.3, -0.25) is 9.78 Å². The fourth-order valence-electron chi connectivity index (χ4n) is 1.08. The molecular weight excluding hydrogens is 324 g/mol. The van der Waals surface area contributed by atoms with Crippen LogP contribution >= 0.6 is 15.9 Å². The second-order valence-electron chi connectivity index (χ2n) is 3.10. The maximum atomic E-state index is 12.2. The van der Waals surface area contributed by atoms with Crippen molar-refractivity contribution in [3.63, 3.8) is 0 Å². The zero-order valence-corrected chi connectivity index (χ0v) is 11.9. The summed E-state index contributed by atoms with van der Waals surface area (Å²) in [5, 5.41) is 1.42. The molecule has 0 fully saturated rings. The van der Waals surface area contributed by atoms with E-state index in [4.69, 9.17) is 0 Å². The Labute approximate surface area is 113 Å². The van der Waals surface area contributed by atoms with Crippen LogP contribution in [-0.2, 0) is 24.0 Å². The Bertz CT molecular complexity index is 577. The number of aromatic nitrogens is 1. The van der Waals surface area contributed by atoms with Crippen LogP contribution in [0.2, 0.25) is 0 Å². The number of hydrogen-bond donors (Lipinski definition) is 1. The van der Waals surface area contributed by atoms with E-state index in [1.54, 1.807) is 6.92 Å². The molecular formula is C10H11BrN2O4S. The molecule has 1 aromatic heterocycles. The van der Waals surface area contributed by atoms with Gasteiger partial charge in [-0.05, 0) is 28.9 Å². The average molecular weight is 335 g/mol. The number of hydrogen-bond acceptors (Lipinski definition) is 5. The predicted molar refractivity (Wildman–Crippen MR) is 68.7 cm³/mol. The van der Waals surface area contributed by atoms with Gasteiger partial charge in [0.25, 0.3) is 0 Å². The van der Waals surface area contributed by atoms with Gasteiger partial charge in [0.2, 0.25) is 5.23 Å². The van der Waals surface area contributed by atoms with Crippen molar-refractivity contribution < 1.29 is 18.5 Å². The Kier molecular flexibility index (Phi) is 5.49. The molecule has 0 aliphatic rings. The predicted octanol–water partition coefficient (Wildman–Crippen LogP) is 0.622. The monoisotopic (exact) mass is 334 g/mol. The number of rotatable bonds is 5. The lowest BCUT2D eigenvalue weighted by Crippen LogP contribution is -2.31. The first kappa shape index (κ1) is 14.8. The van der Waals surface area contributed by atoms with Crippen LogP contribution in [0.25, 0.3) is 0 Å². The summed E-state index contributed by atoms with van der Waals surface area (Å²) in [6, 6.07) is 1.47. The van der Waals surface area contributed by atoms with Crippen molar-refractivity contribution >= 4 is 36.8 Å². The van der Waals surface area contributed by atoms with Crippen molar-refractivity contribution in [1.82, 2.24) is 9.71 Å². The summed E-state index contributed by atoms with van der Waals surface area (Å²) < 4.78 is 19.8. The molecule has 1 heterocycles. The molecule has 1 rings (SSSR count). The minimum atomic E-state index is -3.29. The summed E-state index contributed by atoms with van der Waals surface area (Å²) in [6.45, 7) is 1.53. The number of pyridine rings is 1. The maximum absolute atomic E-state index is 12.2. The van der Waals surface area contributed by atoms with E-state index in [9.17, 15) is 13.8 Å². The topological polar surface area (TPSA) is 85.4 Å². The molecule has 98 valence electrons. The van der Waals surface area contributed by atoms with Gasteiger partial charge in [-0.25, -0.2) is 13.7 Å². The first-order valence-corrected chi connectivity index (χ1v) is 7.31. The summed E-state index contributed by atoms with van der Waals surface area (Å²) >= 11 is 3.15. The fourth-order valence-corrected chi connectivity index (χ4v) is 2.74. The van der Waals surface area contributed by atoms with Crippen LogP contribution in [0.4, 0.5) is 0 Å². The molecule has 0 saturated heterocycles. The number of carbonyl (C=O) groups is 1. The Morgan fingerprint density at radius 1 is 1.61 bits per heavy atom. The molecule has 1 aromatic rings. The van der Waals surface area contributed by atoms with E-state index >= 15 is 0 Å². The SMILES string of the molecule is CCOC(=O)CNS(=O)(=C=O)c1cncc(Br)c1. The van der Waals surface area contributed by atoms with Gasteiger partial charge < -0.3 is 4.74 Å². The summed E-state index contributed by atoms with van der Waals surface area (Å²) in [5.41, 5.74) is 0. The Morgan fingerprint density at radius 3 is 2.89 bits per heavy atom. The second kappa shape index (κ2) is 6.65. The third-order valence-electron chi connectivity index (χ3n) is 1.85. The van der Waals surface area contributed by atoms with Gasteiger partial charge in [0.1, 0.15) is 16.3 Å². The Balaban J connectivity index is 2.92. The quantitative estimate of drug-likeness (QED) is 0.630.